The van der Waals surface area contributed by atoms with Gasteiger partial charge in [0, 0.05) is 0 Å². The summed E-state index contributed by atoms with van der Waals surface area (Å²) in [7, 11) is 0. The lowest BCUT2D eigenvalue weighted by Gasteiger charge is -2.38. The Kier molecular flexibility index (Phi) is 5.46. The largest absolute Gasteiger partial charge is 0.393 e. The lowest BCUT2D eigenvalue weighted by Crippen LogP contribution is -2.70. The van der Waals surface area contributed by atoms with E-state index < -0.39 is 47.9 Å². The minimum atomic E-state index is -7.78. The van der Waals surface area contributed by atoms with Gasteiger partial charge in [-0.3, -0.25) is 10.1 Å². The zero-order valence-electron chi connectivity index (χ0n) is 13.8. The van der Waals surface area contributed by atoms with Gasteiger partial charge in [0.25, 0.3) is 0 Å². The Labute approximate surface area is 157 Å². The standard InChI is InChI=1S/C14H7F12N3O/c15-7(16)10(17,18)12(21,22)14(25,26)13(23,24)11(19,20)8(30)29-9-27-5-3-1-2-4-6(5)28-9/h1-4,7H,(H2,27,28,29,30). The van der Waals surface area contributed by atoms with E-state index in [4.69, 9.17) is 0 Å². The summed E-state index contributed by atoms with van der Waals surface area (Å²) in [6.07, 6.45) is -5.62. The SMILES string of the molecule is O=C(Nc1nc2ccccc2[nH]1)C(F)(F)C(F)(F)C(F)(F)C(F)(F)C(F)(F)C(F)F. The number of hydrogen-bond donors (Lipinski definition) is 2. The van der Waals surface area contributed by atoms with Crippen LogP contribution in [0.5, 0.6) is 0 Å². The highest BCUT2D eigenvalue weighted by molar-refractivity contribution is 5.96. The predicted molar refractivity (Wildman–Crippen MR) is 75.5 cm³/mol. The third-order valence-electron chi connectivity index (χ3n) is 3.78. The molecule has 0 radical (unpaired) electrons. The second-order valence-corrected chi connectivity index (χ2v) is 5.78. The molecular formula is C14H7F12N3O. The Bertz CT molecular complexity index is 906. The maximum atomic E-state index is 13.7. The van der Waals surface area contributed by atoms with Crippen molar-refractivity contribution in [3.8, 4) is 0 Å². The molecule has 0 bridgehead atoms. The number of imidazole rings is 1. The Morgan fingerprint density at radius 2 is 1.40 bits per heavy atom. The van der Waals surface area contributed by atoms with Crippen LogP contribution in [-0.2, 0) is 4.79 Å². The van der Waals surface area contributed by atoms with Crippen molar-refractivity contribution in [3.63, 3.8) is 0 Å². The fraction of sp³-hybridized carbons (Fsp3) is 0.429. The molecule has 2 aromatic rings. The molecule has 0 unspecified atom stereocenters. The van der Waals surface area contributed by atoms with Gasteiger partial charge in [-0.2, -0.15) is 43.9 Å². The molecule has 1 heterocycles. The number of halogens is 12. The average molecular weight is 461 g/mol. The van der Waals surface area contributed by atoms with Gasteiger partial charge in [0.2, 0.25) is 5.95 Å². The first kappa shape index (κ1) is 23.6. The molecule has 2 rings (SSSR count). The Morgan fingerprint density at radius 3 is 1.90 bits per heavy atom. The number of fused-ring (bicyclic) bond motifs is 1. The maximum Gasteiger partial charge on any atom is 0.393 e. The summed E-state index contributed by atoms with van der Waals surface area (Å²) >= 11 is 0. The molecule has 0 spiro atoms. The molecule has 168 valence electrons. The smallest absolute Gasteiger partial charge is 0.324 e. The number of carbonyl (C=O) groups is 1. The van der Waals surface area contributed by atoms with E-state index in [-0.39, 0.29) is 11.0 Å². The fourth-order valence-electron chi connectivity index (χ4n) is 2.08. The molecule has 0 fully saturated rings. The van der Waals surface area contributed by atoms with Crippen LogP contribution in [0.25, 0.3) is 11.0 Å². The van der Waals surface area contributed by atoms with E-state index in [1.165, 1.54) is 24.3 Å². The number of hydrogen-bond acceptors (Lipinski definition) is 2. The number of nitrogens with one attached hydrogen (secondary N) is 2. The molecule has 0 aliphatic rings. The topological polar surface area (TPSA) is 57.8 Å². The first-order valence-corrected chi connectivity index (χ1v) is 7.34. The number of anilines is 1. The monoisotopic (exact) mass is 461 g/mol. The maximum absolute atomic E-state index is 13.7. The molecule has 4 nitrogen and oxygen atoms in total. The molecular weight excluding hydrogens is 454 g/mol. The molecule has 0 aliphatic carbocycles. The van der Waals surface area contributed by atoms with E-state index in [0.29, 0.717) is 0 Å². The van der Waals surface area contributed by atoms with E-state index >= 15 is 0 Å². The van der Waals surface area contributed by atoms with Gasteiger partial charge in [0.1, 0.15) is 0 Å². The lowest BCUT2D eigenvalue weighted by atomic mass is 9.94. The van der Waals surface area contributed by atoms with E-state index in [1.807, 2.05) is 0 Å². The summed E-state index contributed by atoms with van der Waals surface area (Å²) in [6, 6.07) is 5.23. The van der Waals surface area contributed by atoms with Crippen LogP contribution < -0.4 is 5.32 Å². The van der Waals surface area contributed by atoms with Gasteiger partial charge in [0.05, 0.1) is 11.0 Å². The van der Waals surface area contributed by atoms with Crippen LogP contribution in [-0.4, -0.2) is 51.9 Å². The van der Waals surface area contributed by atoms with Crippen molar-refractivity contribution in [2.45, 2.75) is 36.0 Å². The van der Waals surface area contributed by atoms with E-state index in [2.05, 4.69) is 9.97 Å². The van der Waals surface area contributed by atoms with Crippen LogP contribution in [0.15, 0.2) is 24.3 Å². The highest BCUT2D eigenvalue weighted by Gasteiger charge is 2.89. The third kappa shape index (κ3) is 3.21. The van der Waals surface area contributed by atoms with E-state index in [9.17, 15) is 57.5 Å². The molecule has 0 saturated heterocycles. The van der Waals surface area contributed by atoms with Gasteiger partial charge in [-0.15, -0.1) is 0 Å². The average Bonchev–Trinajstić information content (AvgIpc) is 3.02. The minimum Gasteiger partial charge on any atom is -0.324 e. The predicted octanol–water partition coefficient (Wildman–Crippen LogP) is 4.94. The van der Waals surface area contributed by atoms with Crippen molar-refractivity contribution in [2.75, 3.05) is 5.32 Å². The van der Waals surface area contributed by atoms with Gasteiger partial charge < -0.3 is 4.98 Å². The summed E-state index contributed by atoms with van der Waals surface area (Å²) in [5, 5.41) is 0.913. The van der Waals surface area contributed by atoms with Gasteiger partial charge in [0.15, 0.2) is 0 Å². The number of amides is 1. The number of aromatic nitrogens is 2. The van der Waals surface area contributed by atoms with Crippen LogP contribution >= 0.6 is 0 Å². The molecule has 1 amide bonds. The van der Waals surface area contributed by atoms with Gasteiger partial charge in [-0.05, 0) is 12.1 Å². The number of alkyl halides is 12. The summed E-state index contributed by atoms with van der Waals surface area (Å²) in [5.74, 6) is -41.2. The molecule has 1 aromatic carbocycles. The molecule has 0 aliphatic heterocycles. The highest BCUT2D eigenvalue weighted by atomic mass is 19.4. The summed E-state index contributed by atoms with van der Waals surface area (Å²) < 4.78 is 157. The van der Waals surface area contributed by atoms with Crippen molar-refractivity contribution >= 4 is 22.9 Å². The summed E-state index contributed by atoms with van der Waals surface area (Å²) in [4.78, 5) is 16.9. The van der Waals surface area contributed by atoms with E-state index in [0.717, 1.165) is 5.32 Å². The fourth-order valence-corrected chi connectivity index (χ4v) is 2.08. The number of carbonyl (C=O) groups excluding carboxylic acids is 1. The zero-order valence-corrected chi connectivity index (χ0v) is 13.8. The molecule has 30 heavy (non-hydrogen) atoms. The first-order chi connectivity index (χ1) is 13.4. The molecule has 16 heteroatoms. The highest BCUT2D eigenvalue weighted by Crippen LogP contribution is 2.58. The van der Waals surface area contributed by atoms with E-state index in [1.54, 1.807) is 0 Å². The van der Waals surface area contributed by atoms with Crippen LogP contribution in [0, 0.1) is 0 Å². The van der Waals surface area contributed by atoms with Crippen molar-refractivity contribution in [1.82, 2.24) is 9.97 Å². The van der Waals surface area contributed by atoms with Crippen molar-refractivity contribution in [3.05, 3.63) is 24.3 Å². The molecule has 0 saturated carbocycles. The Balaban J connectivity index is 2.40. The lowest BCUT2D eigenvalue weighted by molar-refractivity contribution is -0.406. The normalized spacial score (nSPS) is 14.4. The Hall–Kier alpha value is -2.68. The number of H-pyrrole nitrogens is 1. The van der Waals surface area contributed by atoms with Gasteiger partial charge >= 0.3 is 41.9 Å². The number of nitrogens with zero attached hydrogens (tertiary/aromatic N) is 1. The summed E-state index contributed by atoms with van der Waals surface area (Å²) in [5.41, 5.74) is 0.00707. The van der Waals surface area contributed by atoms with Crippen LogP contribution in [0.1, 0.15) is 0 Å². The van der Waals surface area contributed by atoms with Crippen LogP contribution in [0.2, 0.25) is 0 Å². The van der Waals surface area contributed by atoms with Crippen molar-refractivity contribution < 1.29 is 57.5 Å². The minimum absolute atomic E-state index is 0.0312. The Morgan fingerprint density at radius 1 is 0.867 bits per heavy atom. The number of rotatable bonds is 7. The van der Waals surface area contributed by atoms with Crippen molar-refractivity contribution in [1.29, 1.82) is 0 Å². The molecule has 1 aromatic heterocycles. The van der Waals surface area contributed by atoms with Gasteiger partial charge in [-0.25, -0.2) is 13.8 Å². The zero-order chi connectivity index (χ0) is 23.3. The number of aromatic amines is 1. The quantitative estimate of drug-likeness (QED) is 0.574. The second-order valence-electron chi connectivity index (χ2n) is 5.78. The summed E-state index contributed by atoms with van der Waals surface area (Å²) in [6.45, 7) is 0. The number of para-hydroxylation sites is 2. The van der Waals surface area contributed by atoms with Crippen LogP contribution in [0.3, 0.4) is 0 Å². The molecule has 0 atom stereocenters. The second kappa shape index (κ2) is 6.94. The van der Waals surface area contributed by atoms with Gasteiger partial charge in [-0.1, -0.05) is 12.1 Å². The first-order valence-electron chi connectivity index (χ1n) is 7.34. The third-order valence-corrected chi connectivity index (χ3v) is 3.78. The number of benzene rings is 1. The van der Waals surface area contributed by atoms with Crippen LogP contribution in [0.4, 0.5) is 58.6 Å². The molecule has 2 N–H and O–H groups in total. The van der Waals surface area contributed by atoms with Crippen molar-refractivity contribution in [2.24, 2.45) is 0 Å².